The predicted octanol–water partition coefficient (Wildman–Crippen LogP) is 3.63. The Morgan fingerprint density at radius 3 is 2.31 bits per heavy atom. The van der Waals surface area contributed by atoms with E-state index >= 15 is 0 Å². The first-order valence-corrected chi connectivity index (χ1v) is 7.80. The van der Waals surface area contributed by atoms with Gasteiger partial charge in [-0.15, -0.1) is 0 Å². The summed E-state index contributed by atoms with van der Waals surface area (Å²) < 4.78 is 10.9. The first-order valence-electron chi connectivity index (χ1n) is 7.80. The number of nitrogens with zero attached hydrogens (tertiary/aromatic N) is 2. The summed E-state index contributed by atoms with van der Waals surface area (Å²) in [4.78, 5) is 26.2. The topological polar surface area (TPSA) is 83.5 Å². The number of hydrogen-bond acceptors (Lipinski definition) is 5. The van der Waals surface area contributed by atoms with Gasteiger partial charge in [0.2, 0.25) is 5.88 Å². The maximum absolute atomic E-state index is 12.6. The van der Waals surface area contributed by atoms with Gasteiger partial charge < -0.3 is 9.15 Å². The van der Waals surface area contributed by atoms with Gasteiger partial charge in [0.15, 0.2) is 0 Å². The van der Waals surface area contributed by atoms with Gasteiger partial charge in [-0.05, 0) is 24.3 Å². The number of anilines is 1. The summed E-state index contributed by atoms with van der Waals surface area (Å²) in [6, 6.07) is 17.1. The second kappa shape index (κ2) is 5.90. The highest BCUT2D eigenvalue weighted by atomic mass is 16.5. The molecule has 0 unspecified atom stereocenters. The highest BCUT2D eigenvalue weighted by Crippen LogP contribution is 2.36. The molecule has 0 fully saturated rings. The zero-order valence-electron chi connectivity index (χ0n) is 13.7. The normalized spacial score (nSPS) is 12.8. The first kappa shape index (κ1) is 15.7. The van der Waals surface area contributed by atoms with Crippen molar-refractivity contribution in [3.05, 3.63) is 71.3 Å². The predicted molar refractivity (Wildman–Crippen MR) is 93.0 cm³/mol. The lowest BCUT2D eigenvalue weighted by Crippen LogP contribution is -2.29. The SMILES string of the molecule is COc1cccc(-c2cc(C#N)c(N3C(=O)c4ccccc4C3=O)o2)c1. The molecule has 0 aliphatic carbocycles. The smallest absolute Gasteiger partial charge is 0.268 e. The summed E-state index contributed by atoms with van der Waals surface area (Å²) in [6.45, 7) is 0. The molecule has 126 valence electrons. The van der Waals surface area contributed by atoms with Crippen LogP contribution in [0.2, 0.25) is 0 Å². The molecule has 1 aliphatic heterocycles. The molecule has 1 aromatic heterocycles. The van der Waals surface area contributed by atoms with Gasteiger partial charge in [-0.3, -0.25) is 9.59 Å². The van der Waals surface area contributed by atoms with Crippen molar-refractivity contribution >= 4 is 17.7 Å². The highest BCUT2D eigenvalue weighted by molar-refractivity contribution is 6.34. The van der Waals surface area contributed by atoms with Gasteiger partial charge in [-0.1, -0.05) is 24.3 Å². The van der Waals surface area contributed by atoms with Crippen LogP contribution in [0.5, 0.6) is 5.75 Å². The lowest BCUT2D eigenvalue weighted by molar-refractivity contribution is 0.0920. The van der Waals surface area contributed by atoms with Gasteiger partial charge in [0, 0.05) is 11.6 Å². The van der Waals surface area contributed by atoms with Crippen molar-refractivity contribution in [2.24, 2.45) is 0 Å². The molecule has 26 heavy (non-hydrogen) atoms. The number of imide groups is 1. The van der Waals surface area contributed by atoms with E-state index < -0.39 is 11.8 Å². The highest BCUT2D eigenvalue weighted by Gasteiger charge is 2.39. The van der Waals surface area contributed by atoms with Gasteiger partial charge in [0.25, 0.3) is 11.8 Å². The fourth-order valence-electron chi connectivity index (χ4n) is 2.92. The molecule has 2 amide bonds. The van der Waals surface area contributed by atoms with E-state index in [2.05, 4.69) is 0 Å². The third-order valence-electron chi connectivity index (χ3n) is 4.18. The van der Waals surface area contributed by atoms with Crippen molar-refractivity contribution < 1.29 is 18.7 Å². The molecule has 2 aromatic carbocycles. The Kier molecular flexibility index (Phi) is 3.55. The molecule has 0 spiro atoms. The number of methoxy groups -OCH3 is 1. The third kappa shape index (κ3) is 2.26. The minimum Gasteiger partial charge on any atom is -0.497 e. The Morgan fingerprint density at radius 2 is 1.69 bits per heavy atom. The molecular weight excluding hydrogens is 332 g/mol. The summed E-state index contributed by atoms with van der Waals surface area (Å²) in [5.41, 5.74) is 1.36. The van der Waals surface area contributed by atoms with Gasteiger partial charge in [-0.2, -0.15) is 5.26 Å². The van der Waals surface area contributed by atoms with Crippen LogP contribution in [0.4, 0.5) is 5.88 Å². The van der Waals surface area contributed by atoms with Crippen LogP contribution in [0.25, 0.3) is 11.3 Å². The summed E-state index contributed by atoms with van der Waals surface area (Å²) in [5, 5.41) is 9.45. The Hall–Kier alpha value is -3.85. The first-order chi connectivity index (χ1) is 12.6. The van der Waals surface area contributed by atoms with E-state index in [1.165, 1.54) is 6.07 Å². The van der Waals surface area contributed by atoms with E-state index in [1.54, 1.807) is 55.6 Å². The van der Waals surface area contributed by atoms with Crippen LogP contribution >= 0.6 is 0 Å². The number of benzene rings is 2. The van der Waals surface area contributed by atoms with Gasteiger partial charge >= 0.3 is 0 Å². The maximum atomic E-state index is 12.6. The lowest BCUT2D eigenvalue weighted by atomic mass is 10.1. The van der Waals surface area contributed by atoms with Crippen LogP contribution in [0.15, 0.2) is 59.0 Å². The Balaban J connectivity index is 1.81. The van der Waals surface area contributed by atoms with E-state index in [9.17, 15) is 14.9 Å². The number of furan rings is 1. The number of ether oxygens (including phenoxy) is 1. The molecule has 6 nitrogen and oxygen atoms in total. The molecule has 0 radical (unpaired) electrons. The number of carbonyl (C=O) groups is 2. The number of hydrogen-bond donors (Lipinski definition) is 0. The van der Waals surface area contributed by atoms with Crippen LogP contribution in [-0.2, 0) is 0 Å². The minimum absolute atomic E-state index is 0.0727. The molecule has 6 heteroatoms. The van der Waals surface area contributed by atoms with E-state index in [0.717, 1.165) is 4.90 Å². The summed E-state index contributed by atoms with van der Waals surface area (Å²) in [7, 11) is 1.55. The minimum atomic E-state index is -0.506. The Bertz CT molecular complexity index is 1060. The molecule has 4 rings (SSSR count). The summed E-state index contributed by atoms with van der Waals surface area (Å²) >= 11 is 0. The monoisotopic (exact) mass is 344 g/mol. The van der Waals surface area contributed by atoms with Crippen molar-refractivity contribution in [2.75, 3.05) is 12.0 Å². The van der Waals surface area contributed by atoms with Crippen molar-refractivity contribution in [1.82, 2.24) is 0 Å². The fraction of sp³-hybridized carbons (Fsp3) is 0.0500. The molecule has 0 bridgehead atoms. The number of rotatable bonds is 3. The number of nitriles is 1. The lowest BCUT2D eigenvalue weighted by Gasteiger charge is -2.10. The third-order valence-corrected chi connectivity index (χ3v) is 4.18. The molecule has 0 atom stereocenters. The standard InChI is InChI=1S/C20H12N2O4/c1-25-14-6-4-5-12(9-14)17-10-13(11-21)20(26-17)22-18(23)15-7-2-3-8-16(15)19(22)24/h2-10H,1H3. The van der Waals surface area contributed by atoms with E-state index in [-0.39, 0.29) is 11.4 Å². The van der Waals surface area contributed by atoms with E-state index in [4.69, 9.17) is 9.15 Å². The van der Waals surface area contributed by atoms with Gasteiger partial charge in [0.05, 0.1) is 18.2 Å². The van der Waals surface area contributed by atoms with Crippen LogP contribution in [-0.4, -0.2) is 18.9 Å². The van der Waals surface area contributed by atoms with Crippen molar-refractivity contribution in [2.45, 2.75) is 0 Å². The maximum Gasteiger partial charge on any atom is 0.268 e. The van der Waals surface area contributed by atoms with Crippen molar-refractivity contribution in [3.63, 3.8) is 0 Å². The number of fused-ring (bicyclic) bond motifs is 1. The zero-order chi connectivity index (χ0) is 18.3. The second-order valence-corrected chi connectivity index (χ2v) is 5.66. The van der Waals surface area contributed by atoms with Crippen LogP contribution in [0, 0.1) is 11.3 Å². The second-order valence-electron chi connectivity index (χ2n) is 5.66. The average Bonchev–Trinajstić information content (AvgIpc) is 3.21. The van der Waals surface area contributed by atoms with Gasteiger partial charge in [-0.25, -0.2) is 4.90 Å². The molecule has 0 saturated heterocycles. The van der Waals surface area contributed by atoms with Crippen LogP contribution in [0.3, 0.4) is 0 Å². The number of amides is 2. The van der Waals surface area contributed by atoms with Crippen LogP contribution in [0.1, 0.15) is 26.3 Å². The Labute approximate surface area is 148 Å². The van der Waals surface area contributed by atoms with Gasteiger partial charge in [0.1, 0.15) is 23.1 Å². The fourth-order valence-corrected chi connectivity index (χ4v) is 2.92. The molecule has 0 N–H and O–H groups in total. The summed E-state index contributed by atoms with van der Waals surface area (Å²) in [6.07, 6.45) is 0. The summed E-state index contributed by atoms with van der Waals surface area (Å²) in [5.74, 6) is -0.0921. The van der Waals surface area contributed by atoms with E-state index in [1.807, 2.05) is 6.07 Å². The van der Waals surface area contributed by atoms with Crippen molar-refractivity contribution in [1.29, 1.82) is 5.26 Å². The van der Waals surface area contributed by atoms with Crippen LogP contribution < -0.4 is 9.64 Å². The molecule has 1 aliphatic rings. The quantitative estimate of drug-likeness (QED) is 0.678. The molecular formula is C20H12N2O4. The van der Waals surface area contributed by atoms with Crippen molar-refractivity contribution in [3.8, 4) is 23.1 Å². The molecule has 2 heterocycles. The molecule has 0 saturated carbocycles. The Morgan fingerprint density at radius 1 is 1.00 bits per heavy atom. The molecule has 3 aromatic rings. The largest absolute Gasteiger partial charge is 0.497 e. The zero-order valence-corrected chi connectivity index (χ0v) is 13.7. The van der Waals surface area contributed by atoms with E-state index in [0.29, 0.717) is 28.2 Å². The number of carbonyl (C=O) groups excluding carboxylic acids is 2. The average molecular weight is 344 g/mol.